The number of carbonyl (C=O) groups is 1. The van der Waals surface area contributed by atoms with Crippen LogP contribution in [0.4, 0.5) is 10.2 Å². The Balaban J connectivity index is 1.95. The van der Waals surface area contributed by atoms with E-state index in [9.17, 15) is 23.7 Å². The molecule has 1 aromatic heterocycles. The number of aromatic nitrogens is 2. The van der Waals surface area contributed by atoms with Crippen molar-refractivity contribution >= 4 is 19.5 Å². The van der Waals surface area contributed by atoms with Gasteiger partial charge in [-0.05, 0) is 52.8 Å². The number of nitrogens with one attached hydrogen (secondary N) is 1. The standard InChI is InChI=1S/C24H35FN5O8P/c1-14(2)35-20(32)15(3)29-39(34,37-16-9-7-6-8-10-16)38-23(4,5)19-18(31)24(27,13-25)21(36-19)30-12-11-17(26)28-22(30)33/h6-12,14-15,18-19,21,31H,13,27H2,1-5H3,(H,29,34)(H2,26,28,33)/t15-,18?,19-,21+,24+,39-/m0/s1. The van der Waals surface area contributed by atoms with Crippen LogP contribution in [0.1, 0.15) is 40.8 Å². The lowest BCUT2D eigenvalue weighted by atomic mass is 9.86. The zero-order chi connectivity index (χ0) is 29.2. The molecule has 1 fully saturated rings. The van der Waals surface area contributed by atoms with E-state index in [1.807, 2.05) is 0 Å². The maximum Gasteiger partial charge on any atom is 0.460 e. The van der Waals surface area contributed by atoms with Crippen molar-refractivity contribution in [2.24, 2.45) is 5.73 Å². The maximum atomic E-state index is 14.3. The quantitative estimate of drug-likeness (QED) is 0.226. The number of nitrogens with two attached hydrogens (primary N) is 2. The largest absolute Gasteiger partial charge is 0.462 e. The minimum absolute atomic E-state index is 0.0759. The molecule has 0 amide bonds. The summed E-state index contributed by atoms with van der Waals surface area (Å²) in [5.41, 5.74) is 7.08. The number of halogens is 1. The third-order valence-corrected chi connectivity index (χ3v) is 7.84. The van der Waals surface area contributed by atoms with Crippen LogP contribution in [0, 0.1) is 0 Å². The third kappa shape index (κ3) is 6.83. The van der Waals surface area contributed by atoms with E-state index in [0.717, 1.165) is 4.57 Å². The molecule has 2 aromatic rings. The topological polar surface area (TPSA) is 190 Å². The van der Waals surface area contributed by atoms with E-state index < -0.39 is 67.8 Å². The Morgan fingerprint density at radius 2 is 1.95 bits per heavy atom. The predicted octanol–water partition coefficient (Wildman–Crippen LogP) is 1.66. The van der Waals surface area contributed by atoms with Crippen molar-refractivity contribution in [2.75, 3.05) is 12.4 Å². The Morgan fingerprint density at radius 3 is 2.51 bits per heavy atom. The molecule has 3 rings (SSSR count). The van der Waals surface area contributed by atoms with Crippen LogP contribution in [-0.2, 0) is 23.4 Å². The Kier molecular flexibility index (Phi) is 9.20. The Labute approximate surface area is 225 Å². The first-order chi connectivity index (χ1) is 18.1. The van der Waals surface area contributed by atoms with Gasteiger partial charge in [-0.3, -0.25) is 13.9 Å². The van der Waals surface area contributed by atoms with Crippen LogP contribution in [0.2, 0.25) is 0 Å². The van der Waals surface area contributed by atoms with Crippen molar-refractivity contribution in [3.05, 3.63) is 53.1 Å². The molecule has 6 atom stereocenters. The van der Waals surface area contributed by atoms with E-state index in [1.54, 1.807) is 32.0 Å². The normalized spacial score (nSPS) is 25.7. The smallest absolute Gasteiger partial charge is 0.460 e. The molecule has 2 heterocycles. The van der Waals surface area contributed by atoms with Crippen molar-refractivity contribution in [3.63, 3.8) is 0 Å². The van der Waals surface area contributed by atoms with Crippen LogP contribution < -0.4 is 26.8 Å². The van der Waals surface area contributed by atoms with Crippen LogP contribution in [0.3, 0.4) is 0 Å². The third-order valence-electron chi connectivity index (χ3n) is 5.97. The molecule has 216 valence electrons. The molecule has 39 heavy (non-hydrogen) atoms. The summed E-state index contributed by atoms with van der Waals surface area (Å²) in [6.45, 7) is 6.25. The molecule has 6 N–H and O–H groups in total. The van der Waals surface area contributed by atoms with Crippen molar-refractivity contribution in [1.82, 2.24) is 14.6 Å². The number of alkyl halides is 1. The first-order valence-corrected chi connectivity index (χ1v) is 13.7. The molecule has 0 spiro atoms. The summed E-state index contributed by atoms with van der Waals surface area (Å²) < 4.78 is 51.9. The summed E-state index contributed by atoms with van der Waals surface area (Å²) in [6, 6.07) is 8.18. The zero-order valence-electron chi connectivity index (χ0n) is 22.3. The van der Waals surface area contributed by atoms with Crippen molar-refractivity contribution < 1.29 is 37.4 Å². The second-order valence-corrected chi connectivity index (χ2v) is 11.7. The van der Waals surface area contributed by atoms with E-state index >= 15 is 0 Å². The number of benzene rings is 1. The molecule has 1 saturated heterocycles. The first-order valence-electron chi connectivity index (χ1n) is 12.2. The van der Waals surface area contributed by atoms with Gasteiger partial charge in [-0.15, -0.1) is 0 Å². The number of para-hydroxylation sites is 1. The van der Waals surface area contributed by atoms with Crippen molar-refractivity contribution in [3.8, 4) is 5.75 Å². The fourth-order valence-corrected chi connectivity index (χ4v) is 5.91. The number of nitrogen functional groups attached to an aromatic ring is 1. The molecule has 13 nitrogen and oxygen atoms in total. The van der Waals surface area contributed by atoms with E-state index in [-0.39, 0.29) is 11.6 Å². The van der Waals surface area contributed by atoms with E-state index in [4.69, 9.17) is 30.0 Å². The molecule has 1 aromatic carbocycles. The summed E-state index contributed by atoms with van der Waals surface area (Å²) in [7, 11) is -4.43. The number of esters is 1. The molecule has 0 saturated carbocycles. The number of ether oxygens (including phenoxy) is 2. The number of rotatable bonds is 11. The SMILES string of the molecule is CC(C)OC(=O)[C@H](C)N[P@](=O)(Oc1ccccc1)OC(C)(C)[C@H]1O[C@@H](n2ccc(N)nc2=O)[C@@](N)(CF)C1O. The van der Waals surface area contributed by atoms with Gasteiger partial charge in [0.1, 0.15) is 47.6 Å². The molecular weight excluding hydrogens is 536 g/mol. The highest BCUT2D eigenvalue weighted by Crippen LogP contribution is 2.52. The van der Waals surface area contributed by atoms with E-state index in [1.165, 1.54) is 45.2 Å². The highest BCUT2D eigenvalue weighted by atomic mass is 31.2. The van der Waals surface area contributed by atoms with Gasteiger partial charge in [0, 0.05) is 6.20 Å². The number of nitrogens with zero attached hydrogens (tertiary/aromatic N) is 2. The molecule has 1 aliphatic rings. The summed E-state index contributed by atoms with van der Waals surface area (Å²) >= 11 is 0. The molecule has 1 aliphatic heterocycles. The summed E-state index contributed by atoms with van der Waals surface area (Å²) in [5, 5.41) is 13.7. The highest BCUT2D eigenvalue weighted by molar-refractivity contribution is 7.52. The zero-order valence-corrected chi connectivity index (χ0v) is 23.2. The second kappa shape index (κ2) is 11.7. The number of hydrogen-bond donors (Lipinski definition) is 4. The fraction of sp³-hybridized carbons (Fsp3) is 0.542. The van der Waals surface area contributed by atoms with Gasteiger partial charge in [-0.2, -0.15) is 10.1 Å². The van der Waals surface area contributed by atoms with Gasteiger partial charge < -0.3 is 30.6 Å². The van der Waals surface area contributed by atoms with Crippen LogP contribution in [0.25, 0.3) is 0 Å². The van der Waals surface area contributed by atoms with Gasteiger partial charge in [-0.25, -0.2) is 13.8 Å². The van der Waals surface area contributed by atoms with Crippen molar-refractivity contribution in [1.29, 1.82) is 0 Å². The minimum Gasteiger partial charge on any atom is -0.462 e. The number of anilines is 1. The second-order valence-electron chi connectivity index (χ2n) is 10.1. The maximum absolute atomic E-state index is 14.3. The number of aliphatic hydroxyl groups excluding tert-OH is 1. The number of carbonyl (C=O) groups excluding carboxylic acids is 1. The van der Waals surface area contributed by atoms with E-state index in [0.29, 0.717) is 0 Å². The Hall–Kier alpha value is -2.87. The van der Waals surface area contributed by atoms with Crippen molar-refractivity contribution in [2.45, 2.75) is 76.3 Å². The monoisotopic (exact) mass is 571 g/mol. The molecule has 0 aliphatic carbocycles. The van der Waals surface area contributed by atoms with Gasteiger partial charge in [-0.1, -0.05) is 18.2 Å². The average Bonchev–Trinajstić information content (AvgIpc) is 3.10. The molecule has 1 unspecified atom stereocenters. The molecule has 15 heteroatoms. The molecule has 0 radical (unpaired) electrons. The number of aliphatic hydroxyl groups is 1. The predicted molar refractivity (Wildman–Crippen MR) is 139 cm³/mol. The van der Waals surface area contributed by atoms with E-state index in [2.05, 4.69) is 10.1 Å². The Morgan fingerprint density at radius 1 is 1.31 bits per heavy atom. The summed E-state index contributed by atoms with van der Waals surface area (Å²) in [5.74, 6) is -0.641. The van der Waals surface area contributed by atoms with Gasteiger partial charge >= 0.3 is 19.4 Å². The number of hydrogen-bond acceptors (Lipinski definition) is 11. The summed E-state index contributed by atoms with van der Waals surface area (Å²) in [6.07, 6.45) is -3.92. The highest BCUT2D eigenvalue weighted by Gasteiger charge is 2.61. The van der Waals surface area contributed by atoms with Crippen LogP contribution in [-0.4, -0.2) is 62.8 Å². The minimum atomic E-state index is -4.43. The van der Waals surface area contributed by atoms with Crippen LogP contribution in [0.5, 0.6) is 5.75 Å². The Bertz CT molecular complexity index is 1260. The molecule has 0 bridgehead atoms. The van der Waals surface area contributed by atoms with Crippen LogP contribution >= 0.6 is 7.75 Å². The lowest BCUT2D eigenvalue weighted by molar-refractivity contribution is -0.149. The summed E-state index contributed by atoms with van der Waals surface area (Å²) in [4.78, 5) is 28.5. The van der Waals surface area contributed by atoms with Gasteiger partial charge in [0.2, 0.25) is 0 Å². The lowest BCUT2D eigenvalue weighted by Gasteiger charge is -2.37. The first kappa shape index (κ1) is 30.7. The van der Waals surface area contributed by atoms with Gasteiger partial charge in [0.15, 0.2) is 6.23 Å². The van der Waals surface area contributed by atoms with Gasteiger partial charge in [0.05, 0.1) is 6.10 Å². The fourth-order valence-electron chi connectivity index (χ4n) is 4.06. The average molecular weight is 572 g/mol. The van der Waals surface area contributed by atoms with Crippen LogP contribution in [0.15, 0.2) is 47.4 Å². The van der Waals surface area contributed by atoms with Gasteiger partial charge in [0.25, 0.3) is 0 Å². The molecular formula is C24H35FN5O8P. The lowest BCUT2D eigenvalue weighted by Crippen LogP contribution is -2.59.